The Bertz CT molecular complexity index is 379. The molecular formula is C13H22N2O4S. The molecule has 0 aromatic rings. The zero-order valence-corrected chi connectivity index (χ0v) is 12.7. The third-order valence-electron chi connectivity index (χ3n) is 4.01. The summed E-state index contributed by atoms with van der Waals surface area (Å²) in [6, 6.07) is -0.884. The van der Waals surface area contributed by atoms with Gasteiger partial charge in [0, 0.05) is 18.9 Å². The van der Waals surface area contributed by atoms with Crippen LogP contribution < -0.4 is 5.32 Å². The molecule has 0 aromatic heterocycles. The normalized spacial score (nSPS) is 33.4. The minimum Gasteiger partial charge on any atom is -0.480 e. The maximum absolute atomic E-state index is 12.4. The van der Waals surface area contributed by atoms with E-state index in [-0.39, 0.29) is 23.6 Å². The fourth-order valence-electron chi connectivity index (χ4n) is 2.88. The van der Waals surface area contributed by atoms with Crippen LogP contribution in [0.2, 0.25) is 0 Å². The number of amides is 2. The fraction of sp³-hybridized carbons (Fsp3) is 0.846. The van der Waals surface area contributed by atoms with Crippen molar-refractivity contribution in [2.45, 2.75) is 56.2 Å². The van der Waals surface area contributed by atoms with E-state index in [4.69, 9.17) is 4.74 Å². The number of carbonyl (C=O) groups is 2. The Kier molecular flexibility index (Phi) is 5.15. The van der Waals surface area contributed by atoms with E-state index in [1.165, 1.54) is 16.7 Å². The van der Waals surface area contributed by atoms with Crippen LogP contribution in [0.5, 0.6) is 0 Å². The first-order chi connectivity index (χ1) is 9.56. The molecule has 0 bridgehead atoms. The van der Waals surface area contributed by atoms with E-state index >= 15 is 0 Å². The summed E-state index contributed by atoms with van der Waals surface area (Å²) in [7, 11) is 1.68. The van der Waals surface area contributed by atoms with Gasteiger partial charge in [-0.1, -0.05) is 6.92 Å². The molecule has 2 amide bonds. The van der Waals surface area contributed by atoms with Gasteiger partial charge in [0.15, 0.2) is 0 Å². The topological polar surface area (TPSA) is 78.9 Å². The van der Waals surface area contributed by atoms with Crippen molar-refractivity contribution in [3.05, 3.63) is 0 Å². The van der Waals surface area contributed by atoms with Crippen molar-refractivity contribution >= 4 is 23.8 Å². The number of thioether (sulfide) groups is 1. The summed E-state index contributed by atoms with van der Waals surface area (Å²) in [6.45, 7) is 1.97. The summed E-state index contributed by atoms with van der Waals surface area (Å²) in [6.07, 6.45) is 3.59. The van der Waals surface area contributed by atoms with Crippen molar-refractivity contribution in [1.29, 1.82) is 0 Å². The molecule has 2 rings (SSSR count). The SMILES string of the molecule is CCC1SCC(C(=O)O)N1C(=O)NC1CCC(OC)C1. The zero-order chi connectivity index (χ0) is 14.7. The van der Waals surface area contributed by atoms with Gasteiger partial charge in [0.25, 0.3) is 0 Å². The van der Waals surface area contributed by atoms with Crippen molar-refractivity contribution in [1.82, 2.24) is 10.2 Å². The molecule has 1 heterocycles. The van der Waals surface area contributed by atoms with Crippen molar-refractivity contribution < 1.29 is 19.4 Å². The molecule has 7 heteroatoms. The molecule has 2 aliphatic rings. The number of methoxy groups -OCH3 is 1. The standard InChI is InChI=1S/C13H22N2O4S/c1-3-11-15(10(7-20-11)12(16)17)13(18)14-8-4-5-9(6-8)19-2/h8-11H,3-7H2,1-2H3,(H,14,18)(H,16,17). The van der Waals surface area contributed by atoms with Gasteiger partial charge in [0.05, 0.1) is 11.5 Å². The second-order valence-electron chi connectivity index (χ2n) is 5.27. The number of aliphatic carboxylic acids is 1. The highest BCUT2D eigenvalue weighted by Crippen LogP contribution is 2.32. The first-order valence-electron chi connectivity index (χ1n) is 7.02. The highest BCUT2D eigenvalue weighted by Gasteiger charge is 2.41. The Hall–Kier alpha value is -0.950. The Morgan fingerprint density at radius 3 is 2.75 bits per heavy atom. The van der Waals surface area contributed by atoms with Gasteiger partial charge in [-0.05, 0) is 25.7 Å². The lowest BCUT2D eigenvalue weighted by atomic mass is 10.2. The second-order valence-corrected chi connectivity index (χ2v) is 6.49. The molecule has 114 valence electrons. The first kappa shape index (κ1) is 15.4. The third kappa shape index (κ3) is 3.20. The maximum Gasteiger partial charge on any atom is 0.327 e. The van der Waals surface area contributed by atoms with Crippen LogP contribution in [0.4, 0.5) is 4.79 Å². The number of carboxylic acids is 1. The summed E-state index contributed by atoms with van der Waals surface area (Å²) < 4.78 is 5.29. The molecule has 2 N–H and O–H groups in total. The van der Waals surface area contributed by atoms with E-state index < -0.39 is 12.0 Å². The minimum absolute atomic E-state index is 0.0456. The van der Waals surface area contributed by atoms with E-state index in [9.17, 15) is 14.7 Å². The predicted octanol–water partition coefficient (Wildman–Crippen LogP) is 1.50. The lowest BCUT2D eigenvalue weighted by Crippen LogP contribution is -2.52. The summed E-state index contributed by atoms with van der Waals surface area (Å²) in [4.78, 5) is 25.1. The lowest BCUT2D eigenvalue weighted by Gasteiger charge is -2.28. The Balaban J connectivity index is 1.97. The van der Waals surface area contributed by atoms with Gasteiger partial charge in [0.1, 0.15) is 6.04 Å². The van der Waals surface area contributed by atoms with E-state index in [0.29, 0.717) is 5.75 Å². The fourth-order valence-corrected chi connectivity index (χ4v) is 4.22. The van der Waals surface area contributed by atoms with Crippen LogP contribution in [-0.4, -0.2) is 58.4 Å². The molecule has 4 atom stereocenters. The van der Waals surface area contributed by atoms with Crippen LogP contribution in [0.1, 0.15) is 32.6 Å². The molecule has 0 aromatic carbocycles. The monoisotopic (exact) mass is 302 g/mol. The number of nitrogens with zero attached hydrogens (tertiary/aromatic N) is 1. The highest BCUT2D eigenvalue weighted by atomic mass is 32.2. The average Bonchev–Trinajstić information content (AvgIpc) is 3.03. The van der Waals surface area contributed by atoms with Crippen molar-refractivity contribution in [3.8, 4) is 0 Å². The number of urea groups is 1. The zero-order valence-electron chi connectivity index (χ0n) is 11.9. The second kappa shape index (κ2) is 6.67. The predicted molar refractivity (Wildman–Crippen MR) is 76.8 cm³/mol. The number of rotatable bonds is 4. The number of ether oxygens (including phenoxy) is 1. The van der Waals surface area contributed by atoms with Gasteiger partial charge in [0.2, 0.25) is 0 Å². The average molecular weight is 302 g/mol. The van der Waals surface area contributed by atoms with Crippen LogP contribution in [-0.2, 0) is 9.53 Å². The molecule has 6 nitrogen and oxygen atoms in total. The molecule has 2 fully saturated rings. The van der Waals surface area contributed by atoms with E-state index in [0.717, 1.165) is 25.7 Å². The maximum atomic E-state index is 12.4. The number of carboxylic acid groups (broad SMARTS) is 1. The van der Waals surface area contributed by atoms with Gasteiger partial charge in [-0.15, -0.1) is 11.8 Å². The summed E-state index contributed by atoms with van der Waals surface area (Å²) >= 11 is 1.54. The number of nitrogens with one attached hydrogen (secondary N) is 1. The van der Waals surface area contributed by atoms with Crippen molar-refractivity contribution in [3.63, 3.8) is 0 Å². The molecule has 0 spiro atoms. The van der Waals surface area contributed by atoms with Crippen molar-refractivity contribution in [2.24, 2.45) is 0 Å². The Morgan fingerprint density at radius 1 is 1.45 bits per heavy atom. The molecule has 1 aliphatic heterocycles. The molecule has 1 saturated heterocycles. The van der Waals surface area contributed by atoms with Gasteiger partial charge in [-0.2, -0.15) is 0 Å². The van der Waals surface area contributed by atoms with Gasteiger partial charge < -0.3 is 15.2 Å². The van der Waals surface area contributed by atoms with Gasteiger partial charge >= 0.3 is 12.0 Å². The Morgan fingerprint density at radius 2 is 2.20 bits per heavy atom. The Labute approximate surface area is 123 Å². The molecule has 1 saturated carbocycles. The molecular weight excluding hydrogens is 280 g/mol. The molecule has 0 radical (unpaired) electrons. The molecule has 20 heavy (non-hydrogen) atoms. The van der Waals surface area contributed by atoms with Crippen LogP contribution in [0.25, 0.3) is 0 Å². The van der Waals surface area contributed by atoms with Crippen LogP contribution >= 0.6 is 11.8 Å². The smallest absolute Gasteiger partial charge is 0.327 e. The highest BCUT2D eigenvalue weighted by molar-refractivity contribution is 8.00. The number of carbonyl (C=O) groups excluding carboxylic acids is 1. The molecule has 1 aliphatic carbocycles. The lowest BCUT2D eigenvalue weighted by molar-refractivity contribution is -0.141. The minimum atomic E-state index is -0.926. The van der Waals surface area contributed by atoms with Gasteiger partial charge in [-0.3, -0.25) is 4.90 Å². The quantitative estimate of drug-likeness (QED) is 0.823. The number of hydrogen-bond acceptors (Lipinski definition) is 4. The third-order valence-corrected chi connectivity index (χ3v) is 5.46. The van der Waals surface area contributed by atoms with Crippen LogP contribution in [0, 0.1) is 0 Å². The summed E-state index contributed by atoms with van der Waals surface area (Å²) in [5.74, 6) is -0.461. The van der Waals surface area contributed by atoms with E-state index in [1.807, 2.05) is 6.92 Å². The van der Waals surface area contributed by atoms with Crippen LogP contribution in [0.3, 0.4) is 0 Å². The molecule has 4 unspecified atom stereocenters. The largest absolute Gasteiger partial charge is 0.480 e. The summed E-state index contributed by atoms with van der Waals surface area (Å²) in [5, 5.41) is 12.2. The van der Waals surface area contributed by atoms with E-state index in [2.05, 4.69) is 5.32 Å². The van der Waals surface area contributed by atoms with E-state index in [1.54, 1.807) is 7.11 Å². The van der Waals surface area contributed by atoms with Crippen LogP contribution in [0.15, 0.2) is 0 Å². The van der Waals surface area contributed by atoms with Crippen molar-refractivity contribution in [2.75, 3.05) is 12.9 Å². The summed E-state index contributed by atoms with van der Waals surface area (Å²) in [5.41, 5.74) is 0. The first-order valence-corrected chi connectivity index (χ1v) is 8.07. The van der Waals surface area contributed by atoms with Gasteiger partial charge in [-0.25, -0.2) is 9.59 Å². The number of hydrogen-bond donors (Lipinski definition) is 2.